The van der Waals surface area contributed by atoms with Crippen molar-refractivity contribution in [1.82, 2.24) is 0 Å². The molecule has 0 spiro atoms. The van der Waals surface area contributed by atoms with Gasteiger partial charge in [-0.25, -0.2) is 0 Å². The molecule has 2 heteroatoms. The van der Waals surface area contributed by atoms with E-state index in [0.717, 1.165) is 29.3 Å². The van der Waals surface area contributed by atoms with Gasteiger partial charge in [0.1, 0.15) is 0 Å². The van der Waals surface area contributed by atoms with Gasteiger partial charge in [-0.05, 0) is 30.4 Å². The van der Waals surface area contributed by atoms with Crippen LogP contribution < -0.4 is 5.73 Å². The Kier molecular flexibility index (Phi) is 3.03. The fourth-order valence-corrected chi connectivity index (χ4v) is 2.99. The van der Waals surface area contributed by atoms with Crippen LogP contribution in [0.15, 0.2) is 24.3 Å². The highest BCUT2D eigenvalue weighted by Gasteiger charge is 2.42. The van der Waals surface area contributed by atoms with Gasteiger partial charge in [-0.2, -0.15) is 0 Å². The Labute approximate surface area is 96.6 Å². The molecular weight excluding hydrogens is 206 g/mol. The van der Waals surface area contributed by atoms with Crippen LogP contribution in [-0.2, 0) is 5.54 Å². The SMILES string of the molecule is CCCC1CC(N)(c2ccccc2Cl)C1. The van der Waals surface area contributed by atoms with E-state index < -0.39 is 0 Å². The fraction of sp³-hybridized carbons (Fsp3) is 0.538. The number of hydrogen-bond donors (Lipinski definition) is 1. The van der Waals surface area contributed by atoms with Crippen LogP contribution >= 0.6 is 11.6 Å². The summed E-state index contributed by atoms with van der Waals surface area (Å²) < 4.78 is 0. The summed E-state index contributed by atoms with van der Waals surface area (Å²) in [5.74, 6) is 0.802. The minimum absolute atomic E-state index is 0.155. The van der Waals surface area contributed by atoms with Crippen molar-refractivity contribution < 1.29 is 0 Å². The topological polar surface area (TPSA) is 26.0 Å². The second kappa shape index (κ2) is 4.15. The zero-order valence-corrected chi connectivity index (χ0v) is 9.93. The van der Waals surface area contributed by atoms with Gasteiger partial charge in [0.25, 0.3) is 0 Å². The first kappa shape index (κ1) is 11.0. The van der Waals surface area contributed by atoms with Gasteiger partial charge in [-0.15, -0.1) is 0 Å². The highest BCUT2D eigenvalue weighted by Crippen LogP contribution is 2.47. The van der Waals surface area contributed by atoms with Crippen LogP contribution in [0.4, 0.5) is 0 Å². The van der Waals surface area contributed by atoms with Crippen LogP contribution in [0.3, 0.4) is 0 Å². The van der Waals surface area contributed by atoms with Crippen molar-refractivity contribution in [2.24, 2.45) is 11.7 Å². The van der Waals surface area contributed by atoms with Gasteiger partial charge >= 0.3 is 0 Å². The number of halogens is 1. The predicted octanol–water partition coefficient (Wildman–Crippen LogP) is 3.70. The summed E-state index contributed by atoms with van der Waals surface area (Å²) in [6.45, 7) is 2.23. The average molecular weight is 224 g/mol. The molecule has 0 unspecified atom stereocenters. The van der Waals surface area contributed by atoms with Crippen molar-refractivity contribution in [3.8, 4) is 0 Å². The summed E-state index contributed by atoms with van der Waals surface area (Å²) >= 11 is 6.17. The Morgan fingerprint density at radius 1 is 1.40 bits per heavy atom. The minimum Gasteiger partial charge on any atom is -0.321 e. The summed E-state index contributed by atoms with van der Waals surface area (Å²) in [5, 5.41) is 0.815. The first-order valence-corrected chi connectivity index (χ1v) is 6.07. The zero-order chi connectivity index (χ0) is 10.9. The second-order valence-corrected chi connectivity index (χ2v) is 5.11. The van der Waals surface area contributed by atoms with Gasteiger partial charge < -0.3 is 5.73 Å². The van der Waals surface area contributed by atoms with Crippen molar-refractivity contribution in [2.75, 3.05) is 0 Å². The molecular formula is C13H18ClN. The van der Waals surface area contributed by atoms with Gasteiger partial charge in [0.15, 0.2) is 0 Å². The third-order valence-electron chi connectivity index (χ3n) is 3.41. The molecule has 0 aliphatic heterocycles. The molecule has 0 amide bonds. The van der Waals surface area contributed by atoms with E-state index in [1.807, 2.05) is 18.2 Å². The molecule has 1 fully saturated rings. The molecule has 82 valence electrons. The Balaban J connectivity index is 2.10. The molecule has 0 radical (unpaired) electrons. The quantitative estimate of drug-likeness (QED) is 0.831. The van der Waals surface area contributed by atoms with Gasteiger partial charge in [-0.1, -0.05) is 49.6 Å². The second-order valence-electron chi connectivity index (χ2n) is 4.70. The fourth-order valence-electron chi connectivity index (χ4n) is 2.67. The highest BCUT2D eigenvalue weighted by molar-refractivity contribution is 6.31. The van der Waals surface area contributed by atoms with Crippen molar-refractivity contribution >= 4 is 11.6 Å². The van der Waals surface area contributed by atoms with Gasteiger partial charge in [0.05, 0.1) is 0 Å². The van der Waals surface area contributed by atoms with Crippen molar-refractivity contribution in [2.45, 2.75) is 38.1 Å². The Bertz CT molecular complexity index is 342. The number of benzene rings is 1. The van der Waals surface area contributed by atoms with Crippen LogP contribution in [0.25, 0.3) is 0 Å². The molecule has 1 aromatic carbocycles. The molecule has 2 N–H and O–H groups in total. The lowest BCUT2D eigenvalue weighted by atomic mass is 9.64. The first-order valence-electron chi connectivity index (χ1n) is 5.69. The largest absolute Gasteiger partial charge is 0.321 e. The summed E-state index contributed by atoms with van der Waals surface area (Å²) in [5.41, 5.74) is 7.33. The third kappa shape index (κ3) is 2.04. The van der Waals surface area contributed by atoms with Crippen molar-refractivity contribution in [1.29, 1.82) is 0 Å². The molecule has 0 bridgehead atoms. The monoisotopic (exact) mass is 223 g/mol. The number of nitrogens with two attached hydrogens (primary N) is 1. The molecule has 1 aliphatic rings. The molecule has 1 saturated carbocycles. The highest BCUT2D eigenvalue weighted by atomic mass is 35.5. The molecule has 2 rings (SSSR count). The molecule has 0 heterocycles. The van der Waals surface area contributed by atoms with Gasteiger partial charge in [0, 0.05) is 10.6 Å². The smallest absolute Gasteiger partial charge is 0.0456 e. The Morgan fingerprint density at radius 3 is 2.67 bits per heavy atom. The molecule has 1 nitrogen and oxygen atoms in total. The molecule has 1 aliphatic carbocycles. The van der Waals surface area contributed by atoms with Gasteiger partial charge in [0.2, 0.25) is 0 Å². The van der Waals surface area contributed by atoms with E-state index in [0.29, 0.717) is 0 Å². The minimum atomic E-state index is -0.155. The van der Waals surface area contributed by atoms with Crippen LogP contribution in [0.1, 0.15) is 38.2 Å². The Morgan fingerprint density at radius 2 is 2.07 bits per heavy atom. The summed E-state index contributed by atoms with van der Waals surface area (Å²) in [7, 11) is 0. The lowest BCUT2D eigenvalue weighted by Crippen LogP contribution is -2.49. The van der Waals surface area contributed by atoms with E-state index in [9.17, 15) is 0 Å². The van der Waals surface area contributed by atoms with Crippen LogP contribution in [-0.4, -0.2) is 0 Å². The van der Waals surface area contributed by atoms with Gasteiger partial charge in [-0.3, -0.25) is 0 Å². The van der Waals surface area contributed by atoms with Crippen LogP contribution in [0, 0.1) is 5.92 Å². The first-order chi connectivity index (χ1) is 7.15. The lowest BCUT2D eigenvalue weighted by molar-refractivity contribution is 0.138. The molecule has 0 saturated heterocycles. The van der Waals surface area contributed by atoms with E-state index in [1.54, 1.807) is 0 Å². The van der Waals surface area contributed by atoms with E-state index >= 15 is 0 Å². The summed E-state index contributed by atoms with van der Waals surface area (Å²) in [6, 6.07) is 7.96. The van der Waals surface area contributed by atoms with E-state index in [1.165, 1.54) is 12.8 Å². The maximum atomic E-state index is 6.36. The molecule has 0 atom stereocenters. The molecule has 1 aromatic rings. The lowest BCUT2D eigenvalue weighted by Gasteiger charge is -2.46. The van der Waals surface area contributed by atoms with Crippen molar-refractivity contribution in [3.05, 3.63) is 34.9 Å². The van der Waals surface area contributed by atoms with E-state index in [-0.39, 0.29) is 5.54 Å². The zero-order valence-electron chi connectivity index (χ0n) is 9.17. The van der Waals surface area contributed by atoms with Crippen LogP contribution in [0.5, 0.6) is 0 Å². The van der Waals surface area contributed by atoms with E-state index in [2.05, 4.69) is 13.0 Å². The Hall–Kier alpha value is -0.530. The maximum absolute atomic E-state index is 6.36. The number of rotatable bonds is 3. The normalized spacial score (nSPS) is 29.9. The maximum Gasteiger partial charge on any atom is 0.0456 e. The third-order valence-corrected chi connectivity index (χ3v) is 3.74. The average Bonchev–Trinajstić information content (AvgIpc) is 2.16. The number of hydrogen-bond acceptors (Lipinski definition) is 1. The molecule has 15 heavy (non-hydrogen) atoms. The standard InChI is InChI=1S/C13H18ClN/c1-2-5-10-8-13(15,9-10)11-6-3-4-7-12(11)14/h3-4,6-7,10H,2,5,8-9,15H2,1H3. The van der Waals surface area contributed by atoms with Crippen LogP contribution in [0.2, 0.25) is 5.02 Å². The van der Waals surface area contributed by atoms with E-state index in [4.69, 9.17) is 17.3 Å². The van der Waals surface area contributed by atoms with Crippen molar-refractivity contribution in [3.63, 3.8) is 0 Å². The molecule has 0 aromatic heterocycles. The summed E-state index contributed by atoms with van der Waals surface area (Å²) in [4.78, 5) is 0. The summed E-state index contributed by atoms with van der Waals surface area (Å²) in [6.07, 6.45) is 4.72. The predicted molar refractivity (Wildman–Crippen MR) is 64.9 cm³/mol.